The van der Waals surface area contributed by atoms with Crippen LogP contribution in [0.1, 0.15) is 54.4 Å². The summed E-state index contributed by atoms with van der Waals surface area (Å²) in [4.78, 5) is 28.9. The van der Waals surface area contributed by atoms with Crippen LogP contribution in [0, 0.1) is 5.41 Å². The number of rotatable bonds is 3. The Morgan fingerprint density at radius 1 is 1.12 bits per heavy atom. The zero-order valence-electron chi connectivity index (χ0n) is 14.6. The first-order valence-corrected chi connectivity index (χ1v) is 9.39. The smallest absolute Gasteiger partial charge is 0.253 e. The molecule has 0 bridgehead atoms. The maximum atomic E-state index is 12.7. The fraction of sp³-hybridized carbons (Fsp3) is 0.600. The Morgan fingerprint density at radius 3 is 2.40 bits per heavy atom. The quantitative estimate of drug-likeness (QED) is 0.916. The molecule has 2 saturated heterocycles. The monoisotopic (exact) mass is 342 g/mol. The third-order valence-corrected chi connectivity index (χ3v) is 6.18. The summed E-state index contributed by atoms with van der Waals surface area (Å²) in [6, 6.07) is 7.70. The molecule has 2 amide bonds. The number of likely N-dealkylation sites (tertiary alicyclic amines) is 2. The number of hydrogen-bond acceptors (Lipinski definition) is 3. The molecule has 1 aromatic rings. The molecule has 0 radical (unpaired) electrons. The van der Waals surface area contributed by atoms with Gasteiger partial charge < -0.3 is 14.9 Å². The van der Waals surface area contributed by atoms with Gasteiger partial charge in [-0.15, -0.1) is 0 Å². The number of benzene rings is 1. The number of hydrogen-bond donors (Lipinski definition) is 1. The molecule has 1 saturated carbocycles. The molecule has 2 aliphatic heterocycles. The van der Waals surface area contributed by atoms with Crippen LogP contribution in [0.15, 0.2) is 24.3 Å². The lowest BCUT2D eigenvalue weighted by Gasteiger charge is -2.47. The van der Waals surface area contributed by atoms with E-state index < -0.39 is 0 Å². The number of amides is 2. The Bertz CT molecular complexity index is 658. The zero-order valence-corrected chi connectivity index (χ0v) is 14.6. The fourth-order valence-electron chi connectivity index (χ4n) is 4.29. The van der Waals surface area contributed by atoms with Crippen molar-refractivity contribution in [1.82, 2.24) is 9.80 Å². The lowest BCUT2D eigenvalue weighted by atomic mass is 9.72. The van der Waals surface area contributed by atoms with Crippen molar-refractivity contribution < 1.29 is 14.7 Å². The van der Waals surface area contributed by atoms with E-state index in [1.54, 1.807) is 24.3 Å². The van der Waals surface area contributed by atoms with Crippen molar-refractivity contribution in [2.24, 2.45) is 5.41 Å². The lowest BCUT2D eigenvalue weighted by Crippen LogP contribution is -2.52. The second-order valence-electron chi connectivity index (χ2n) is 7.90. The molecule has 5 heteroatoms. The Hall–Kier alpha value is -1.88. The maximum absolute atomic E-state index is 12.7. The summed E-state index contributed by atoms with van der Waals surface area (Å²) in [6.45, 7) is 2.43. The molecular weight excluding hydrogens is 316 g/mol. The normalized spacial score (nSPS) is 23.2. The molecule has 25 heavy (non-hydrogen) atoms. The third-order valence-electron chi connectivity index (χ3n) is 6.18. The second-order valence-corrected chi connectivity index (χ2v) is 7.90. The molecule has 0 atom stereocenters. The molecular formula is C20H26N2O3. The van der Waals surface area contributed by atoms with E-state index in [0.29, 0.717) is 23.9 Å². The summed E-state index contributed by atoms with van der Waals surface area (Å²) in [5, 5.41) is 9.12. The largest absolute Gasteiger partial charge is 0.392 e. The first-order valence-electron chi connectivity index (χ1n) is 9.39. The van der Waals surface area contributed by atoms with E-state index in [9.17, 15) is 9.59 Å². The van der Waals surface area contributed by atoms with E-state index in [-0.39, 0.29) is 17.9 Å². The van der Waals surface area contributed by atoms with Gasteiger partial charge in [-0.05, 0) is 55.2 Å². The highest BCUT2D eigenvalue weighted by atomic mass is 16.3. The highest BCUT2D eigenvalue weighted by molar-refractivity contribution is 5.94. The minimum atomic E-state index is -0.00306. The van der Waals surface area contributed by atoms with E-state index in [0.717, 1.165) is 57.3 Å². The van der Waals surface area contributed by atoms with Crippen LogP contribution in [0.3, 0.4) is 0 Å². The van der Waals surface area contributed by atoms with Gasteiger partial charge in [0.2, 0.25) is 5.91 Å². The second kappa shape index (κ2) is 6.45. The summed E-state index contributed by atoms with van der Waals surface area (Å²) in [5.74, 6) is 0.404. The van der Waals surface area contributed by atoms with Gasteiger partial charge in [0.1, 0.15) is 0 Å². The van der Waals surface area contributed by atoms with Crippen LogP contribution in [0.5, 0.6) is 0 Å². The predicted octanol–water partition coefficient (Wildman–Crippen LogP) is 2.19. The third kappa shape index (κ3) is 3.30. The lowest BCUT2D eigenvalue weighted by molar-refractivity contribution is -0.139. The molecule has 1 aromatic carbocycles. The highest BCUT2D eigenvalue weighted by Crippen LogP contribution is 2.43. The van der Waals surface area contributed by atoms with Crippen LogP contribution in [0.2, 0.25) is 0 Å². The number of carbonyl (C=O) groups is 2. The van der Waals surface area contributed by atoms with Crippen molar-refractivity contribution in [2.45, 2.75) is 51.2 Å². The van der Waals surface area contributed by atoms with Gasteiger partial charge in [-0.1, -0.05) is 12.1 Å². The van der Waals surface area contributed by atoms with Crippen LogP contribution in [-0.4, -0.2) is 52.4 Å². The van der Waals surface area contributed by atoms with E-state index in [2.05, 4.69) is 4.90 Å². The standard InChI is InChI=1S/C20H26N2O3/c23-13-15-1-3-16(4-2-15)19(25)21-11-9-20(10-12-21)8-7-18(24)22(14-20)17-5-6-17/h1-4,17,23H,5-14H2. The summed E-state index contributed by atoms with van der Waals surface area (Å²) in [6.07, 6.45) is 5.95. The van der Waals surface area contributed by atoms with Gasteiger partial charge in [0.05, 0.1) is 6.61 Å². The average Bonchev–Trinajstić information content (AvgIpc) is 3.49. The van der Waals surface area contributed by atoms with Crippen molar-refractivity contribution in [3.8, 4) is 0 Å². The van der Waals surface area contributed by atoms with Crippen LogP contribution < -0.4 is 0 Å². The number of carbonyl (C=O) groups excluding carboxylic acids is 2. The van der Waals surface area contributed by atoms with E-state index >= 15 is 0 Å². The molecule has 0 aromatic heterocycles. The van der Waals surface area contributed by atoms with Crippen molar-refractivity contribution in [3.63, 3.8) is 0 Å². The predicted molar refractivity (Wildman–Crippen MR) is 93.9 cm³/mol. The van der Waals surface area contributed by atoms with Gasteiger partial charge >= 0.3 is 0 Å². The van der Waals surface area contributed by atoms with Crippen molar-refractivity contribution in [2.75, 3.05) is 19.6 Å². The molecule has 3 fully saturated rings. The van der Waals surface area contributed by atoms with Crippen molar-refractivity contribution in [3.05, 3.63) is 35.4 Å². The topological polar surface area (TPSA) is 60.9 Å². The molecule has 1 spiro atoms. The molecule has 5 nitrogen and oxygen atoms in total. The molecule has 3 aliphatic rings. The Balaban J connectivity index is 1.38. The Labute approximate surface area is 148 Å². The fourth-order valence-corrected chi connectivity index (χ4v) is 4.29. The summed E-state index contributed by atoms with van der Waals surface area (Å²) in [7, 11) is 0. The number of aliphatic hydroxyl groups is 1. The summed E-state index contributed by atoms with van der Waals surface area (Å²) >= 11 is 0. The van der Waals surface area contributed by atoms with Gasteiger partial charge in [0.15, 0.2) is 0 Å². The van der Waals surface area contributed by atoms with E-state index in [4.69, 9.17) is 5.11 Å². The van der Waals surface area contributed by atoms with Gasteiger partial charge in [-0.2, -0.15) is 0 Å². The highest BCUT2D eigenvalue weighted by Gasteiger charge is 2.45. The van der Waals surface area contributed by atoms with Crippen LogP contribution in [0.25, 0.3) is 0 Å². The van der Waals surface area contributed by atoms with Crippen LogP contribution in [-0.2, 0) is 11.4 Å². The number of piperidine rings is 2. The average molecular weight is 342 g/mol. The summed E-state index contributed by atoms with van der Waals surface area (Å²) < 4.78 is 0. The first kappa shape index (κ1) is 16.6. The molecule has 134 valence electrons. The number of nitrogens with zero attached hydrogens (tertiary/aromatic N) is 2. The minimum absolute atomic E-state index is 0.00306. The minimum Gasteiger partial charge on any atom is -0.392 e. The zero-order chi connectivity index (χ0) is 17.4. The molecule has 4 rings (SSSR count). The first-order chi connectivity index (χ1) is 12.1. The Morgan fingerprint density at radius 2 is 1.80 bits per heavy atom. The van der Waals surface area contributed by atoms with Crippen molar-refractivity contribution in [1.29, 1.82) is 0 Å². The molecule has 1 N–H and O–H groups in total. The van der Waals surface area contributed by atoms with E-state index in [1.807, 2.05) is 4.90 Å². The van der Waals surface area contributed by atoms with E-state index in [1.165, 1.54) is 0 Å². The van der Waals surface area contributed by atoms with Gasteiger partial charge in [0, 0.05) is 37.7 Å². The van der Waals surface area contributed by atoms with Crippen LogP contribution >= 0.6 is 0 Å². The number of aliphatic hydroxyl groups excluding tert-OH is 1. The van der Waals surface area contributed by atoms with Crippen molar-refractivity contribution >= 4 is 11.8 Å². The summed E-state index contributed by atoms with van der Waals surface area (Å²) in [5.41, 5.74) is 1.72. The van der Waals surface area contributed by atoms with Gasteiger partial charge in [-0.25, -0.2) is 0 Å². The maximum Gasteiger partial charge on any atom is 0.253 e. The van der Waals surface area contributed by atoms with Gasteiger partial charge in [0.25, 0.3) is 5.91 Å². The SMILES string of the molecule is O=C(c1ccc(CO)cc1)N1CCC2(CCC(=O)N(C3CC3)C2)CC1. The molecule has 0 unspecified atom stereocenters. The van der Waals surface area contributed by atoms with Crippen LogP contribution in [0.4, 0.5) is 0 Å². The Kier molecular flexibility index (Phi) is 4.28. The van der Waals surface area contributed by atoms with Gasteiger partial charge in [-0.3, -0.25) is 9.59 Å². The molecule has 1 aliphatic carbocycles. The molecule has 2 heterocycles.